The third-order valence-electron chi connectivity index (χ3n) is 2.19. The van der Waals surface area contributed by atoms with Gasteiger partial charge in [0.2, 0.25) is 0 Å². The summed E-state index contributed by atoms with van der Waals surface area (Å²) in [5, 5.41) is 9.89. The number of halogens is 1. The van der Waals surface area contributed by atoms with Crippen molar-refractivity contribution in [2.75, 3.05) is 0 Å². The van der Waals surface area contributed by atoms with Gasteiger partial charge in [-0.2, -0.15) is 0 Å². The van der Waals surface area contributed by atoms with Crippen LogP contribution in [0.25, 0.3) is 0 Å². The van der Waals surface area contributed by atoms with Crippen molar-refractivity contribution in [3.8, 4) is 0 Å². The zero-order chi connectivity index (χ0) is 10.8. The molecule has 76 valence electrons. The van der Waals surface area contributed by atoms with Crippen LogP contribution in [0.3, 0.4) is 0 Å². The second-order valence-electron chi connectivity index (χ2n) is 3.89. The summed E-state index contributed by atoms with van der Waals surface area (Å²) in [6, 6.07) is 7.30. The van der Waals surface area contributed by atoms with Crippen molar-refractivity contribution in [3.05, 3.63) is 34.3 Å². The largest absolute Gasteiger partial charge is 0.387 e. The summed E-state index contributed by atoms with van der Waals surface area (Å²) < 4.78 is 0.956. The summed E-state index contributed by atoms with van der Waals surface area (Å²) in [5.74, 6) is 0. The molecule has 0 spiro atoms. The van der Waals surface area contributed by atoms with Crippen LogP contribution in [-0.2, 0) is 4.79 Å². The Morgan fingerprint density at radius 3 is 2.29 bits per heavy atom. The van der Waals surface area contributed by atoms with Gasteiger partial charge in [0.1, 0.15) is 6.29 Å². The van der Waals surface area contributed by atoms with Gasteiger partial charge in [-0.3, -0.25) is 0 Å². The van der Waals surface area contributed by atoms with Crippen LogP contribution in [0, 0.1) is 5.41 Å². The van der Waals surface area contributed by atoms with Crippen LogP contribution in [0.2, 0.25) is 0 Å². The number of carbonyl (C=O) groups is 1. The molecular weight excluding hydrogens is 244 g/mol. The first-order chi connectivity index (χ1) is 6.47. The quantitative estimate of drug-likeness (QED) is 0.845. The molecule has 0 aliphatic carbocycles. The van der Waals surface area contributed by atoms with Crippen molar-refractivity contribution >= 4 is 22.2 Å². The van der Waals surface area contributed by atoms with Crippen LogP contribution in [0.4, 0.5) is 0 Å². The van der Waals surface area contributed by atoms with E-state index in [0.29, 0.717) is 0 Å². The van der Waals surface area contributed by atoms with Crippen LogP contribution in [0.1, 0.15) is 25.5 Å². The van der Waals surface area contributed by atoms with Crippen LogP contribution in [0.15, 0.2) is 28.7 Å². The van der Waals surface area contributed by atoms with E-state index in [1.54, 1.807) is 26.0 Å². The second kappa shape index (κ2) is 4.24. The van der Waals surface area contributed by atoms with Gasteiger partial charge in [-0.25, -0.2) is 0 Å². The fourth-order valence-electron chi connectivity index (χ4n) is 1.14. The Morgan fingerprint density at radius 2 is 1.86 bits per heavy atom. The lowest BCUT2D eigenvalue weighted by atomic mass is 9.84. The minimum absolute atomic E-state index is 0.742. The number of aldehydes is 1. The van der Waals surface area contributed by atoms with Crippen LogP contribution in [0.5, 0.6) is 0 Å². The van der Waals surface area contributed by atoms with Gasteiger partial charge in [0.15, 0.2) is 0 Å². The third-order valence-corrected chi connectivity index (χ3v) is 2.72. The minimum Gasteiger partial charge on any atom is -0.387 e. The number of hydrogen-bond acceptors (Lipinski definition) is 2. The predicted octanol–water partition coefficient (Wildman–Crippen LogP) is 2.71. The lowest BCUT2D eigenvalue weighted by molar-refractivity contribution is -0.120. The van der Waals surface area contributed by atoms with Gasteiger partial charge in [0.05, 0.1) is 11.5 Å². The highest BCUT2D eigenvalue weighted by atomic mass is 79.9. The smallest absolute Gasteiger partial charge is 0.128 e. The van der Waals surface area contributed by atoms with Crippen molar-refractivity contribution in [2.45, 2.75) is 20.0 Å². The van der Waals surface area contributed by atoms with Crippen LogP contribution >= 0.6 is 15.9 Å². The molecule has 0 aromatic heterocycles. The molecular formula is C11H13BrO2. The van der Waals surface area contributed by atoms with E-state index in [0.717, 1.165) is 16.3 Å². The van der Waals surface area contributed by atoms with E-state index < -0.39 is 11.5 Å². The Hall–Kier alpha value is -0.670. The van der Waals surface area contributed by atoms with E-state index in [1.807, 2.05) is 12.1 Å². The SMILES string of the molecule is CC(C)(C=O)C(O)c1ccc(Br)cc1. The molecule has 0 radical (unpaired) electrons. The molecule has 1 rings (SSSR count). The minimum atomic E-state index is -0.756. The molecule has 0 fully saturated rings. The van der Waals surface area contributed by atoms with Crippen molar-refractivity contribution in [1.82, 2.24) is 0 Å². The highest BCUT2D eigenvalue weighted by Crippen LogP contribution is 2.31. The molecule has 14 heavy (non-hydrogen) atoms. The van der Waals surface area contributed by atoms with Gasteiger partial charge in [-0.05, 0) is 17.7 Å². The Labute approximate surface area is 92.1 Å². The van der Waals surface area contributed by atoms with Crippen molar-refractivity contribution in [3.63, 3.8) is 0 Å². The molecule has 1 aromatic carbocycles. The Bertz CT molecular complexity index is 317. The molecule has 2 nitrogen and oxygen atoms in total. The molecule has 1 aromatic rings. The molecule has 1 N–H and O–H groups in total. The lowest BCUT2D eigenvalue weighted by Gasteiger charge is -2.24. The van der Waals surface area contributed by atoms with Gasteiger partial charge < -0.3 is 9.90 Å². The third kappa shape index (κ3) is 2.42. The maximum absolute atomic E-state index is 10.7. The summed E-state index contributed by atoms with van der Waals surface area (Å²) in [7, 11) is 0. The second-order valence-corrected chi connectivity index (χ2v) is 4.81. The van der Waals surface area contributed by atoms with Gasteiger partial charge in [0.25, 0.3) is 0 Å². The van der Waals surface area contributed by atoms with E-state index in [-0.39, 0.29) is 0 Å². The number of carbonyl (C=O) groups excluding carboxylic acids is 1. The van der Waals surface area contributed by atoms with Crippen LogP contribution < -0.4 is 0 Å². The van der Waals surface area contributed by atoms with E-state index in [2.05, 4.69) is 15.9 Å². The summed E-state index contributed by atoms with van der Waals surface area (Å²) in [6.07, 6.45) is 0.0211. The zero-order valence-corrected chi connectivity index (χ0v) is 9.78. The van der Waals surface area contributed by atoms with Crippen LogP contribution in [-0.4, -0.2) is 11.4 Å². The normalized spacial score (nSPS) is 13.7. The molecule has 0 bridgehead atoms. The highest BCUT2D eigenvalue weighted by Gasteiger charge is 2.28. The first-order valence-corrected chi connectivity index (χ1v) is 5.16. The number of aliphatic hydroxyl groups is 1. The molecule has 0 heterocycles. The maximum atomic E-state index is 10.7. The summed E-state index contributed by atoms with van der Waals surface area (Å²) in [5.41, 5.74) is 0.0127. The summed E-state index contributed by atoms with van der Waals surface area (Å²) in [6.45, 7) is 3.43. The van der Waals surface area contributed by atoms with E-state index >= 15 is 0 Å². The number of hydrogen-bond donors (Lipinski definition) is 1. The van der Waals surface area contributed by atoms with Gasteiger partial charge in [-0.1, -0.05) is 41.9 Å². The Kier molecular flexibility index (Phi) is 3.45. The molecule has 3 heteroatoms. The van der Waals surface area contributed by atoms with Gasteiger partial charge >= 0.3 is 0 Å². The first-order valence-electron chi connectivity index (χ1n) is 4.37. The fraction of sp³-hybridized carbons (Fsp3) is 0.364. The molecule has 0 aliphatic heterocycles. The molecule has 1 atom stereocenters. The van der Waals surface area contributed by atoms with Crippen molar-refractivity contribution in [2.24, 2.45) is 5.41 Å². The number of rotatable bonds is 3. The number of benzene rings is 1. The van der Waals surface area contributed by atoms with E-state index in [9.17, 15) is 9.90 Å². The average molecular weight is 257 g/mol. The predicted molar refractivity (Wildman–Crippen MR) is 58.9 cm³/mol. The monoisotopic (exact) mass is 256 g/mol. The molecule has 1 unspecified atom stereocenters. The first kappa shape index (κ1) is 11.4. The maximum Gasteiger partial charge on any atom is 0.128 e. The van der Waals surface area contributed by atoms with Crippen molar-refractivity contribution < 1.29 is 9.90 Å². The Morgan fingerprint density at radius 1 is 1.36 bits per heavy atom. The van der Waals surface area contributed by atoms with Crippen molar-refractivity contribution in [1.29, 1.82) is 0 Å². The Balaban J connectivity index is 2.95. The zero-order valence-electron chi connectivity index (χ0n) is 8.20. The summed E-state index contributed by atoms with van der Waals surface area (Å²) in [4.78, 5) is 10.7. The number of aliphatic hydroxyl groups excluding tert-OH is 1. The van der Waals surface area contributed by atoms with Gasteiger partial charge in [-0.15, -0.1) is 0 Å². The topological polar surface area (TPSA) is 37.3 Å². The van der Waals surface area contributed by atoms with E-state index in [1.165, 1.54) is 0 Å². The van der Waals surface area contributed by atoms with E-state index in [4.69, 9.17) is 0 Å². The lowest BCUT2D eigenvalue weighted by Crippen LogP contribution is -2.23. The average Bonchev–Trinajstić information content (AvgIpc) is 2.18. The van der Waals surface area contributed by atoms with Gasteiger partial charge in [0, 0.05) is 4.47 Å². The molecule has 0 saturated heterocycles. The molecule has 0 amide bonds. The highest BCUT2D eigenvalue weighted by molar-refractivity contribution is 9.10. The summed E-state index contributed by atoms with van der Waals surface area (Å²) >= 11 is 3.31. The molecule has 0 saturated carbocycles. The standard InChI is InChI=1S/C11H13BrO2/c1-11(2,7-13)10(14)8-3-5-9(12)6-4-8/h3-7,10,14H,1-2H3. The molecule has 0 aliphatic rings. The fourth-order valence-corrected chi connectivity index (χ4v) is 1.40.